The molecule has 0 aromatic carbocycles. The normalized spacial score (nSPS) is 12.2. The van der Waals surface area contributed by atoms with Crippen LogP contribution in [0.1, 0.15) is 19.7 Å². The van der Waals surface area contributed by atoms with Gasteiger partial charge in [-0.2, -0.15) is 10.1 Å². The van der Waals surface area contributed by atoms with Crippen molar-refractivity contribution in [3.63, 3.8) is 0 Å². The maximum absolute atomic E-state index is 5.21. The van der Waals surface area contributed by atoms with Crippen LogP contribution in [0.2, 0.25) is 0 Å². The maximum atomic E-state index is 5.21. The van der Waals surface area contributed by atoms with Crippen LogP contribution in [0.3, 0.4) is 0 Å². The first-order valence-corrected chi connectivity index (χ1v) is 5.75. The van der Waals surface area contributed by atoms with Crippen LogP contribution in [0.15, 0.2) is 16.9 Å². The Kier molecular flexibility index (Phi) is 5.30. The van der Waals surface area contributed by atoms with E-state index in [1.54, 1.807) is 6.20 Å². The van der Waals surface area contributed by atoms with E-state index in [9.17, 15) is 0 Å². The lowest BCUT2D eigenvalue weighted by molar-refractivity contribution is 0.418. The molecule has 1 atom stereocenters. The minimum Gasteiger partial charge on any atom is -0.334 e. The highest BCUT2D eigenvalue weighted by molar-refractivity contribution is 5.85. The van der Waals surface area contributed by atoms with E-state index in [4.69, 9.17) is 4.52 Å². The molecule has 0 fully saturated rings. The highest BCUT2D eigenvalue weighted by Crippen LogP contribution is 2.16. The molecule has 6 nitrogen and oxygen atoms in total. The molecule has 0 amide bonds. The fourth-order valence-corrected chi connectivity index (χ4v) is 1.48. The first-order chi connectivity index (χ1) is 8.22. The lowest BCUT2D eigenvalue weighted by Crippen LogP contribution is -2.24. The van der Waals surface area contributed by atoms with Crippen molar-refractivity contribution in [2.45, 2.75) is 32.9 Å². The number of aromatic nitrogens is 4. The molecule has 0 saturated heterocycles. The summed E-state index contributed by atoms with van der Waals surface area (Å²) in [7, 11) is 1.91. The van der Waals surface area contributed by atoms with Crippen LogP contribution in [-0.2, 0) is 13.0 Å². The van der Waals surface area contributed by atoms with Crippen LogP contribution in [-0.4, -0.2) is 33.0 Å². The molecule has 0 spiro atoms. The number of nitrogens with one attached hydrogen (secondary N) is 1. The molecule has 1 unspecified atom stereocenters. The number of hydrogen-bond acceptors (Lipinski definition) is 5. The molecule has 0 aliphatic rings. The first kappa shape index (κ1) is 14.7. The third-order valence-electron chi connectivity index (χ3n) is 2.65. The van der Waals surface area contributed by atoms with Gasteiger partial charge in [0.05, 0.1) is 11.8 Å². The molecule has 2 aromatic heterocycles. The molecule has 2 rings (SSSR count). The summed E-state index contributed by atoms with van der Waals surface area (Å²) in [6.45, 7) is 4.94. The Labute approximate surface area is 112 Å². The average molecular weight is 272 g/mol. The zero-order chi connectivity index (χ0) is 12.3. The van der Waals surface area contributed by atoms with Gasteiger partial charge in [0.25, 0.3) is 5.89 Å². The number of aryl methyl sites for hydroxylation is 1. The van der Waals surface area contributed by atoms with Crippen molar-refractivity contribution in [1.82, 2.24) is 25.2 Å². The molecule has 100 valence electrons. The van der Waals surface area contributed by atoms with Crippen LogP contribution >= 0.6 is 12.4 Å². The highest BCUT2D eigenvalue weighted by atomic mass is 35.5. The zero-order valence-electron chi connectivity index (χ0n) is 10.8. The van der Waals surface area contributed by atoms with Gasteiger partial charge in [-0.1, -0.05) is 5.16 Å². The summed E-state index contributed by atoms with van der Waals surface area (Å²) >= 11 is 0. The standard InChI is InChI=1S/C11H17N5O.ClH/c1-4-16-7-9(6-13-16)11-14-10(15-17-11)5-8(2)12-3;/h6-8,12H,4-5H2,1-3H3;1H. The average Bonchev–Trinajstić information content (AvgIpc) is 2.96. The predicted octanol–water partition coefficient (Wildman–Crippen LogP) is 1.53. The van der Waals surface area contributed by atoms with E-state index in [0.29, 0.717) is 17.8 Å². The summed E-state index contributed by atoms with van der Waals surface area (Å²) in [5, 5.41) is 11.3. The predicted molar refractivity (Wildman–Crippen MR) is 70.7 cm³/mol. The Hall–Kier alpha value is -1.40. The Balaban J connectivity index is 0.00000162. The van der Waals surface area contributed by atoms with Crippen LogP contribution in [0.25, 0.3) is 11.5 Å². The number of likely N-dealkylation sites (N-methyl/N-ethyl adjacent to an activating group) is 1. The Morgan fingerprint density at radius 2 is 2.28 bits per heavy atom. The van der Waals surface area contributed by atoms with Gasteiger partial charge in [-0.25, -0.2) is 0 Å². The van der Waals surface area contributed by atoms with E-state index in [0.717, 1.165) is 18.5 Å². The maximum Gasteiger partial charge on any atom is 0.261 e. The van der Waals surface area contributed by atoms with Crippen molar-refractivity contribution in [3.05, 3.63) is 18.2 Å². The van der Waals surface area contributed by atoms with E-state index in [1.807, 2.05) is 24.9 Å². The second-order valence-corrected chi connectivity index (χ2v) is 3.99. The summed E-state index contributed by atoms with van der Waals surface area (Å²) in [5.74, 6) is 1.24. The molecule has 0 aliphatic carbocycles. The van der Waals surface area contributed by atoms with Crippen molar-refractivity contribution in [2.75, 3.05) is 7.05 Å². The van der Waals surface area contributed by atoms with E-state index in [-0.39, 0.29) is 12.4 Å². The van der Waals surface area contributed by atoms with E-state index < -0.39 is 0 Å². The Morgan fingerprint density at radius 3 is 2.89 bits per heavy atom. The second kappa shape index (κ2) is 6.51. The smallest absolute Gasteiger partial charge is 0.261 e. The van der Waals surface area contributed by atoms with Crippen LogP contribution in [0.5, 0.6) is 0 Å². The summed E-state index contributed by atoms with van der Waals surface area (Å²) in [4.78, 5) is 4.34. The van der Waals surface area contributed by atoms with Crippen molar-refractivity contribution < 1.29 is 4.52 Å². The highest BCUT2D eigenvalue weighted by Gasteiger charge is 2.12. The summed E-state index contributed by atoms with van der Waals surface area (Å²) < 4.78 is 7.04. The fraction of sp³-hybridized carbons (Fsp3) is 0.545. The Bertz CT molecular complexity index is 481. The van der Waals surface area contributed by atoms with Crippen LogP contribution in [0.4, 0.5) is 0 Å². The molecule has 0 radical (unpaired) electrons. The third kappa shape index (κ3) is 3.30. The monoisotopic (exact) mass is 271 g/mol. The van der Waals surface area contributed by atoms with Crippen molar-refractivity contribution in [3.8, 4) is 11.5 Å². The summed E-state index contributed by atoms with van der Waals surface area (Å²) in [5.41, 5.74) is 0.864. The molecule has 0 aliphatic heterocycles. The largest absolute Gasteiger partial charge is 0.334 e. The quantitative estimate of drug-likeness (QED) is 0.893. The Morgan fingerprint density at radius 1 is 1.50 bits per heavy atom. The zero-order valence-corrected chi connectivity index (χ0v) is 11.6. The molecule has 2 heterocycles. The van der Waals surface area contributed by atoms with Gasteiger partial charge in [0.2, 0.25) is 0 Å². The van der Waals surface area contributed by atoms with E-state index >= 15 is 0 Å². The second-order valence-electron chi connectivity index (χ2n) is 3.99. The van der Waals surface area contributed by atoms with E-state index in [1.165, 1.54) is 0 Å². The summed E-state index contributed by atoms with van der Waals surface area (Å²) in [6.07, 6.45) is 4.39. The van der Waals surface area contributed by atoms with Gasteiger partial charge in [0.15, 0.2) is 5.82 Å². The minimum absolute atomic E-state index is 0. The number of nitrogens with zero attached hydrogens (tertiary/aromatic N) is 4. The molecule has 2 aromatic rings. The molecule has 1 N–H and O–H groups in total. The molecular formula is C11H18ClN5O. The minimum atomic E-state index is 0. The lowest BCUT2D eigenvalue weighted by atomic mass is 10.2. The van der Waals surface area contributed by atoms with Gasteiger partial charge < -0.3 is 9.84 Å². The third-order valence-corrected chi connectivity index (χ3v) is 2.65. The van der Waals surface area contributed by atoms with Gasteiger partial charge >= 0.3 is 0 Å². The van der Waals surface area contributed by atoms with Crippen LogP contribution < -0.4 is 5.32 Å². The lowest BCUT2D eigenvalue weighted by Gasteiger charge is -2.04. The molecule has 0 saturated carbocycles. The molecule has 7 heteroatoms. The van der Waals surface area contributed by atoms with Gasteiger partial charge in [-0.3, -0.25) is 4.68 Å². The number of hydrogen-bond donors (Lipinski definition) is 1. The van der Waals surface area contributed by atoms with Gasteiger partial charge in [-0.15, -0.1) is 12.4 Å². The van der Waals surface area contributed by atoms with Crippen molar-refractivity contribution in [1.29, 1.82) is 0 Å². The first-order valence-electron chi connectivity index (χ1n) is 5.75. The van der Waals surface area contributed by atoms with Gasteiger partial charge in [0, 0.05) is 25.2 Å². The number of rotatable bonds is 5. The van der Waals surface area contributed by atoms with Gasteiger partial charge in [-0.05, 0) is 20.9 Å². The van der Waals surface area contributed by atoms with E-state index in [2.05, 4.69) is 27.5 Å². The fourth-order valence-electron chi connectivity index (χ4n) is 1.48. The van der Waals surface area contributed by atoms with Crippen molar-refractivity contribution in [2.24, 2.45) is 0 Å². The number of halogens is 1. The topological polar surface area (TPSA) is 68.8 Å². The van der Waals surface area contributed by atoms with Crippen LogP contribution in [0, 0.1) is 0 Å². The summed E-state index contributed by atoms with van der Waals surface area (Å²) in [6, 6.07) is 0.332. The van der Waals surface area contributed by atoms with Gasteiger partial charge in [0.1, 0.15) is 0 Å². The molecular weight excluding hydrogens is 254 g/mol. The molecule has 0 bridgehead atoms. The molecule has 18 heavy (non-hydrogen) atoms. The van der Waals surface area contributed by atoms with Crippen molar-refractivity contribution >= 4 is 12.4 Å². The SMILES string of the molecule is CCn1cc(-c2nc(CC(C)NC)no2)cn1.Cl.